The highest BCUT2D eigenvalue weighted by atomic mass is 35.5. The molecule has 4 nitrogen and oxygen atoms in total. The van der Waals surface area contributed by atoms with Gasteiger partial charge in [0.05, 0.1) is 5.56 Å². The number of pyridine rings is 1. The van der Waals surface area contributed by atoms with E-state index in [1.807, 2.05) is 0 Å². The summed E-state index contributed by atoms with van der Waals surface area (Å²) in [7, 11) is 0. The molecule has 2 rings (SSSR count). The molecule has 0 bridgehead atoms. The first kappa shape index (κ1) is 14.2. The quantitative estimate of drug-likeness (QED) is 0.641. The molecule has 1 atom stereocenters. The average molecular weight is 290 g/mol. The molecule has 0 radical (unpaired) electrons. The van der Waals surface area contributed by atoms with Crippen LogP contribution in [-0.4, -0.2) is 22.8 Å². The summed E-state index contributed by atoms with van der Waals surface area (Å²) in [6, 6.07) is 9.63. The van der Waals surface area contributed by atoms with Gasteiger partial charge in [-0.15, -0.1) is 0 Å². The second-order valence-electron chi connectivity index (χ2n) is 4.16. The molecular formula is C15H12ClNO3. The molecule has 1 heterocycles. The molecule has 20 heavy (non-hydrogen) atoms. The van der Waals surface area contributed by atoms with E-state index < -0.39 is 12.1 Å². The van der Waals surface area contributed by atoms with Crippen LogP contribution in [0.25, 0.3) is 0 Å². The standard InChI is InChI=1S/C15H12ClNO3/c1-10(14(18)11-4-6-13(16)7-5-11)20-15(19)12-3-2-8-17-9-12/h2-10H,1H3/t10-/m1/s1. The molecule has 102 valence electrons. The van der Waals surface area contributed by atoms with Crippen molar-refractivity contribution in [2.24, 2.45) is 0 Å². The molecule has 0 saturated carbocycles. The van der Waals surface area contributed by atoms with Crippen LogP contribution in [0.15, 0.2) is 48.8 Å². The Labute approximate surface area is 121 Å². The van der Waals surface area contributed by atoms with Gasteiger partial charge in [-0.1, -0.05) is 11.6 Å². The van der Waals surface area contributed by atoms with Gasteiger partial charge in [-0.25, -0.2) is 4.79 Å². The number of Topliss-reactive ketones (excluding diaryl/α,β-unsaturated/α-hetero) is 1. The number of carbonyl (C=O) groups is 2. The van der Waals surface area contributed by atoms with Gasteiger partial charge in [-0.3, -0.25) is 9.78 Å². The lowest BCUT2D eigenvalue weighted by atomic mass is 10.1. The van der Waals surface area contributed by atoms with Crippen LogP contribution in [0.5, 0.6) is 0 Å². The molecule has 0 saturated heterocycles. The first-order chi connectivity index (χ1) is 9.58. The largest absolute Gasteiger partial charge is 0.451 e. The van der Waals surface area contributed by atoms with Crippen LogP contribution >= 0.6 is 11.6 Å². The lowest BCUT2D eigenvalue weighted by Gasteiger charge is -2.12. The lowest BCUT2D eigenvalue weighted by molar-refractivity contribution is 0.0318. The number of benzene rings is 1. The Hall–Kier alpha value is -2.20. The van der Waals surface area contributed by atoms with E-state index in [1.165, 1.54) is 13.1 Å². The van der Waals surface area contributed by atoms with E-state index >= 15 is 0 Å². The van der Waals surface area contributed by atoms with Crippen LogP contribution < -0.4 is 0 Å². The molecule has 2 aromatic rings. The Balaban J connectivity index is 2.05. The highest BCUT2D eigenvalue weighted by molar-refractivity contribution is 6.30. The number of hydrogen-bond donors (Lipinski definition) is 0. The molecule has 0 amide bonds. The third-order valence-electron chi connectivity index (χ3n) is 2.68. The Morgan fingerprint density at radius 1 is 1.15 bits per heavy atom. The number of aromatic nitrogens is 1. The summed E-state index contributed by atoms with van der Waals surface area (Å²) >= 11 is 5.76. The summed E-state index contributed by atoms with van der Waals surface area (Å²) < 4.78 is 5.12. The van der Waals surface area contributed by atoms with Gasteiger partial charge in [0.2, 0.25) is 5.78 Å². The molecular weight excluding hydrogens is 278 g/mol. The molecule has 0 unspecified atom stereocenters. The van der Waals surface area contributed by atoms with Gasteiger partial charge >= 0.3 is 5.97 Å². The minimum atomic E-state index is -0.871. The summed E-state index contributed by atoms with van der Waals surface area (Å²) in [5.41, 5.74) is 0.754. The van der Waals surface area contributed by atoms with Crippen molar-refractivity contribution in [1.82, 2.24) is 4.98 Å². The first-order valence-electron chi connectivity index (χ1n) is 5.98. The lowest BCUT2D eigenvalue weighted by Crippen LogP contribution is -2.24. The summed E-state index contributed by atoms with van der Waals surface area (Å²) in [6.45, 7) is 1.53. The van der Waals surface area contributed by atoms with Gasteiger partial charge in [0.15, 0.2) is 6.10 Å². The van der Waals surface area contributed by atoms with Crippen molar-refractivity contribution in [2.45, 2.75) is 13.0 Å². The summed E-state index contributed by atoms with van der Waals surface area (Å²) in [6.07, 6.45) is 2.07. The summed E-state index contributed by atoms with van der Waals surface area (Å²) in [5, 5.41) is 0.543. The normalized spacial score (nSPS) is 11.7. The maximum atomic E-state index is 12.1. The van der Waals surface area contributed by atoms with Crippen LogP contribution in [-0.2, 0) is 4.74 Å². The van der Waals surface area contributed by atoms with Crippen molar-refractivity contribution < 1.29 is 14.3 Å². The van der Waals surface area contributed by atoms with Gasteiger partial charge < -0.3 is 4.74 Å². The van der Waals surface area contributed by atoms with Crippen molar-refractivity contribution >= 4 is 23.4 Å². The fourth-order valence-corrected chi connectivity index (χ4v) is 1.74. The minimum Gasteiger partial charge on any atom is -0.451 e. The molecule has 0 spiro atoms. The SMILES string of the molecule is C[C@@H](OC(=O)c1cccnc1)C(=O)c1ccc(Cl)cc1. The van der Waals surface area contributed by atoms with Gasteiger partial charge in [-0.05, 0) is 43.3 Å². The topological polar surface area (TPSA) is 56.3 Å². The number of nitrogens with zero attached hydrogens (tertiary/aromatic N) is 1. The molecule has 0 N–H and O–H groups in total. The fourth-order valence-electron chi connectivity index (χ4n) is 1.61. The zero-order valence-electron chi connectivity index (χ0n) is 10.7. The van der Waals surface area contributed by atoms with Crippen LogP contribution in [0.2, 0.25) is 5.02 Å². The third-order valence-corrected chi connectivity index (χ3v) is 2.93. The molecule has 5 heteroatoms. The Morgan fingerprint density at radius 2 is 1.85 bits per heavy atom. The molecule has 0 aliphatic carbocycles. The Bertz CT molecular complexity index is 611. The van der Waals surface area contributed by atoms with Gasteiger partial charge in [-0.2, -0.15) is 0 Å². The molecule has 1 aromatic carbocycles. The molecule has 0 aliphatic rings. The van der Waals surface area contributed by atoms with Gasteiger partial charge in [0, 0.05) is 23.0 Å². The first-order valence-corrected chi connectivity index (χ1v) is 6.36. The average Bonchev–Trinajstić information content (AvgIpc) is 2.48. The number of ether oxygens (including phenoxy) is 1. The second kappa shape index (κ2) is 6.30. The molecule has 1 aromatic heterocycles. The second-order valence-corrected chi connectivity index (χ2v) is 4.60. The monoisotopic (exact) mass is 289 g/mol. The van der Waals surface area contributed by atoms with E-state index in [9.17, 15) is 9.59 Å². The van der Waals surface area contributed by atoms with E-state index in [-0.39, 0.29) is 5.78 Å². The van der Waals surface area contributed by atoms with Crippen LogP contribution in [0, 0.1) is 0 Å². The van der Waals surface area contributed by atoms with E-state index in [0.717, 1.165) is 0 Å². The Morgan fingerprint density at radius 3 is 2.45 bits per heavy atom. The molecule has 0 aliphatic heterocycles. The fraction of sp³-hybridized carbons (Fsp3) is 0.133. The highest BCUT2D eigenvalue weighted by Crippen LogP contribution is 2.13. The maximum absolute atomic E-state index is 12.1. The van der Waals surface area contributed by atoms with Crippen LogP contribution in [0.4, 0.5) is 0 Å². The van der Waals surface area contributed by atoms with E-state index in [4.69, 9.17) is 16.3 Å². The maximum Gasteiger partial charge on any atom is 0.340 e. The number of ketones is 1. The predicted molar refractivity (Wildman–Crippen MR) is 74.9 cm³/mol. The minimum absolute atomic E-state index is 0.279. The van der Waals surface area contributed by atoms with Crippen LogP contribution in [0.3, 0.4) is 0 Å². The van der Waals surface area contributed by atoms with Crippen molar-refractivity contribution in [3.8, 4) is 0 Å². The van der Waals surface area contributed by atoms with Crippen molar-refractivity contribution in [2.75, 3.05) is 0 Å². The smallest absolute Gasteiger partial charge is 0.340 e. The van der Waals surface area contributed by atoms with Gasteiger partial charge in [0.25, 0.3) is 0 Å². The van der Waals surface area contributed by atoms with Crippen molar-refractivity contribution in [3.05, 3.63) is 64.9 Å². The Kier molecular flexibility index (Phi) is 4.48. The highest BCUT2D eigenvalue weighted by Gasteiger charge is 2.20. The summed E-state index contributed by atoms with van der Waals surface area (Å²) in [5.74, 6) is -0.855. The zero-order chi connectivity index (χ0) is 14.5. The summed E-state index contributed by atoms with van der Waals surface area (Å²) in [4.78, 5) is 27.7. The van der Waals surface area contributed by atoms with E-state index in [0.29, 0.717) is 16.1 Å². The van der Waals surface area contributed by atoms with E-state index in [2.05, 4.69) is 4.98 Å². The van der Waals surface area contributed by atoms with Crippen molar-refractivity contribution in [1.29, 1.82) is 0 Å². The number of rotatable bonds is 4. The number of esters is 1. The number of carbonyl (C=O) groups excluding carboxylic acids is 2. The predicted octanol–water partition coefficient (Wildman–Crippen LogP) is 3.16. The zero-order valence-corrected chi connectivity index (χ0v) is 11.5. The third kappa shape index (κ3) is 3.42. The number of hydrogen-bond acceptors (Lipinski definition) is 4. The van der Waals surface area contributed by atoms with Crippen molar-refractivity contribution in [3.63, 3.8) is 0 Å². The van der Waals surface area contributed by atoms with E-state index in [1.54, 1.807) is 42.6 Å². The van der Waals surface area contributed by atoms with Gasteiger partial charge in [0.1, 0.15) is 0 Å². The van der Waals surface area contributed by atoms with Crippen LogP contribution in [0.1, 0.15) is 27.6 Å². The number of halogens is 1. The molecule has 0 fully saturated rings.